The summed E-state index contributed by atoms with van der Waals surface area (Å²) >= 11 is 7.49. The van der Waals surface area contributed by atoms with Crippen molar-refractivity contribution in [2.45, 2.75) is 39.8 Å². The van der Waals surface area contributed by atoms with E-state index in [4.69, 9.17) is 4.74 Å². The van der Waals surface area contributed by atoms with Gasteiger partial charge >= 0.3 is 5.97 Å². The lowest BCUT2D eigenvalue weighted by Gasteiger charge is -2.15. The zero-order valence-corrected chi connectivity index (χ0v) is 14.8. The molecule has 0 radical (unpaired) electrons. The van der Waals surface area contributed by atoms with Crippen LogP contribution in [0.1, 0.15) is 24.7 Å². The summed E-state index contributed by atoms with van der Waals surface area (Å²) < 4.78 is 7.58. The van der Waals surface area contributed by atoms with E-state index in [1.807, 2.05) is 13.8 Å². The van der Waals surface area contributed by atoms with Gasteiger partial charge in [0.2, 0.25) is 5.91 Å². The SMILES string of the molecule is CCOC(=O)[C@H](CS)NC(=O)CCn1nc(C)c(Br)c1C. The number of hydrogen-bond donors (Lipinski definition) is 2. The molecule has 1 heterocycles. The minimum absolute atomic E-state index is 0.204. The van der Waals surface area contributed by atoms with E-state index in [-0.39, 0.29) is 24.7 Å². The maximum Gasteiger partial charge on any atom is 0.329 e. The predicted octanol–water partition coefficient (Wildman–Crippen LogP) is 1.63. The van der Waals surface area contributed by atoms with Crippen LogP contribution in [0.4, 0.5) is 0 Å². The van der Waals surface area contributed by atoms with E-state index < -0.39 is 12.0 Å². The largest absolute Gasteiger partial charge is 0.464 e. The van der Waals surface area contributed by atoms with Crippen molar-refractivity contribution in [2.75, 3.05) is 12.4 Å². The number of aromatic nitrogens is 2. The number of thiol groups is 1. The van der Waals surface area contributed by atoms with Gasteiger partial charge in [-0.1, -0.05) is 0 Å². The highest BCUT2D eigenvalue weighted by Crippen LogP contribution is 2.19. The minimum Gasteiger partial charge on any atom is -0.464 e. The molecule has 0 saturated carbocycles. The number of aryl methyl sites for hydroxylation is 2. The summed E-state index contributed by atoms with van der Waals surface area (Å²) in [5, 5.41) is 6.95. The van der Waals surface area contributed by atoms with Crippen molar-refractivity contribution in [2.24, 2.45) is 0 Å². The average Bonchev–Trinajstić information content (AvgIpc) is 2.70. The summed E-state index contributed by atoms with van der Waals surface area (Å²) in [6.45, 7) is 6.27. The van der Waals surface area contributed by atoms with Gasteiger partial charge in [0, 0.05) is 17.9 Å². The molecule has 0 aliphatic rings. The highest BCUT2D eigenvalue weighted by molar-refractivity contribution is 9.10. The first-order chi connectivity index (χ1) is 9.90. The molecule has 21 heavy (non-hydrogen) atoms. The third-order valence-corrected chi connectivity index (χ3v) is 4.45. The summed E-state index contributed by atoms with van der Waals surface area (Å²) in [6, 6.07) is -0.715. The van der Waals surface area contributed by atoms with Crippen LogP contribution in [-0.4, -0.2) is 40.1 Å². The van der Waals surface area contributed by atoms with E-state index in [0.717, 1.165) is 15.9 Å². The van der Waals surface area contributed by atoms with Crippen LogP contribution in [0.2, 0.25) is 0 Å². The van der Waals surface area contributed by atoms with Crippen LogP contribution in [0, 0.1) is 13.8 Å². The van der Waals surface area contributed by atoms with Gasteiger partial charge in [0.15, 0.2) is 0 Å². The first-order valence-electron chi connectivity index (χ1n) is 6.67. The molecule has 1 rings (SSSR count). The second-order valence-corrected chi connectivity index (χ2v) is 5.67. The Bertz CT molecular complexity index is 519. The highest BCUT2D eigenvalue weighted by atomic mass is 79.9. The molecule has 6 nitrogen and oxygen atoms in total. The number of amides is 1. The van der Waals surface area contributed by atoms with E-state index in [1.54, 1.807) is 11.6 Å². The standard InChI is InChI=1S/C13H20BrN3O3S/c1-4-20-13(19)10(7-21)15-11(18)5-6-17-9(3)12(14)8(2)16-17/h10,21H,4-7H2,1-3H3,(H,15,18)/t10-/m0/s1. The molecular weight excluding hydrogens is 358 g/mol. The predicted molar refractivity (Wildman–Crippen MR) is 86.4 cm³/mol. The first-order valence-corrected chi connectivity index (χ1v) is 8.09. The number of carbonyl (C=O) groups is 2. The van der Waals surface area contributed by atoms with Crippen molar-refractivity contribution in [3.8, 4) is 0 Å². The summed E-state index contributed by atoms with van der Waals surface area (Å²) in [6.07, 6.45) is 0.234. The number of halogens is 1. The Hall–Kier alpha value is -1.02. The molecular formula is C13H20BrN3O3S. The van der Waals surface area contributed by atoms with Crippen molar-refractivity contribution in [1.82, 2.24) is 15.1 Å². The molecule has 1 aromatic rings. The normalized spacial score (nSPS) is 12.0. The van der Waals surface area contributed by atoms with Crippen LogP contribution in [0.3, 0.4) is 0 Å². The number of esters is 1. The molecule has 1 amide bonds. The average molecular weight is 378 g/mol. The third-order valence-electron chi connectivity index (χ3n) is 2.93. The second-order valence-electron chi connectivity index (χ2n) is 4.51. The van der Waals surface area contributed by atoms with Gasteiger partial charge < -0.3 is 10.1 Å². The van der Waals surface area contributed by atoms with Crippen LogP contribution >= 0.6 is 28.6 Å². The highest BCUT2D eigenvalue weighted by Gasteiger charge is 2.20. The summed E-state index contributed by atoms with van der Waals surface area (Å²) in [7, 11) is 0. The van der Waals surface area contributed by atoms with Crippen molar-refractivity contribution in [1.29, 1.82) is 0 Å². The molecule has 8 heteroatoms. The summed E-state index contributed by atoms with van der Waals surface area (Å²) in [5.41, 5.74) is 1.85. The lowest BCUT2D eigenvalue weighted by atomic mass is 10.3. The molecule has 1 N–H and O–H groups in total. The molecule has 0 aliphatic heterocycles. The Morgan fingerprint density at radius 1 is 1.48 bits per heavy atom. The molecule has 0 saturated heterocycles. The number of nitrogens with one attached hydrogen (secondary N) is 1. The van der Waals surface area contributed by atoms with Crippen LogP contribution in [0.15, 0.2) is 4.47 Å². The first kappa shape index (κ1) is 18.0. The van der Waals surface area contributed by atoms with Gasteiger partial charge in [-0.25, -0.2) is 4.79 Å². The smallest absolute Gasteiger partial charge is 0.329 e. The maximum absolute atomic E-state index is 11.9. The topological polar surface area (TPSA) is 73.2 Å². The Morgan fingerprint density at radius 3 is 2.62 bits per heavy atom. The van der Waals surface area contributed by atoms with E-state index >= 15 is 0 Å². The minimum atomic E-state index is -0.715. The van der Waals surface area contributed by atoms with Crippen molar-refractivity contribution >= 4 is 40.4 Å². The maximum atomic E-state index is 11.9. The summed E-state index contributed by atoms with van der Waals surface area (Å²) in [5.74, 6) is -0.490. The van der Waals surface area contributed by atoms with Crippen LogP contribution < -0.4 is 5.32 Å². The third kappa shape index (κ3) is 5.03. The van der Waals surface area contributed by atoms with E-state index in [0.29, 0.717) is 6.54 Å². The summed E-state index contributed by atoms with van der Waals surface area (Å²) in [4.78, 5) is 23.5. The Kier molecular flexibility index (Phi) is 7.24. The number of carbonyl (C=O) groups excluding carboxylic acids is 2. The Labute approximate surface area is 138 Å². The van der Waals surface area contributed by atoms with Crippen molar-refractivity contribution in [3.05, 3.63) is 15.9 Å². The zero-order chi connectivity index (χ0) is 16.0. The van der Waals surface area contributed by atoms with Crippen LogP contribution in [0.25, 0.3) is 0 Å². The van der Waals surface area contributed by atoms with Gasteiger partial charge in [-0.05, 0) is 36.7 Å². The molecule has 0 bridgehead atoms. The fraction of sp³-hybridized carbons (Fsp3) is 0.615. The molecule has 1 atom stereocenters. The molecule has 118 valence electrons. The number of ether oxygens (including phenoxy) is 1. The Morgan fingerprint density at radius 2 is 2.14 bits per heavy atom. The van der Waals surface area contributed by atoms with Gasteiger partial charge in [0.05, 0.1) is 23.3 Å². The van der Waals surface area contributed by atoms with Gasteiger partial charge in [-0.15, -0.1) is 0 Å². The number of nitrogens with zero attached hydrogens (tertiary/aromatic N) is 2. The second kappa shape index (κ2) is 8.43. The Balaban J connectivity index is 2.53. The molecule has 0 unspecified atom stereocenters. The number of rotatable bonds is 7. The molecule has 0 aliphatic carbocycles. The van der Waals surface area contributed by atoms with Gasteiger partial charge in [0.25, 0.3) is 0 Å². The molecule has 0 aromatic carbocycles. The molecule has 0 spiro atoms. The van der Waals surface area contributed by atoms with Gasteiger partial charge in [-0.3, -0.25) is 9.48 Å². The van der Waals surface area contributed by atoms with Crippen LogP contribution in [-0.2, 0) is 20.9 Å². The van der Waals surface area contributed by atoms with Crippen molar-refractivity contribution < 1.29 is 14.3 Å². The van der Waals surface area contributed by atoms with Gasteiger partial charge in [0.1, 0.15) is 6.04 Å². The van der Waals surface area contributed by atoms with Gasteiger partial charge in [-0.2, -0.15) is 17.7 Å². The lowest BCUT2D eigenvalue weighted by Crippen LogP contribution is -2.43. The monoisotopic (exact) mass is 377 g/mol. The van der Waals surface area contributed by atoms with Crippen LogP contribution in [0.5, 0.6) is 0 Å². The number of hydrogen-bond acceptors (Lipinski definition) is 5. The zero-order valence-electron chi connectivity index (χ0n) is 12.4. The van der Waals surface area contributed by atoms with E-state index in [1.165, 1.54) is 0 Å². The van der Waals surface area contributed by atoms with E-state index in [9.17, 15) is 9.59 Å². The van der Waals surface area contributed by atoms with Crippen molar-refractivity contribution in [3.63, 3.8) is 0 Å². The lowest BCUT2D eigenvalue weighted by molar-refractivity contribution is -0.146. The van der Waals surface area contributed by atoms with E-state index in [2.05, 4.69) is 39.0 Å². The quantitative estimate of drug-likeness (QED) is 0.559. The molecule has 0 fully saturated rings. The fourth-order valence-electron chi connectivity index (χ4n) is 1.79. The fourth-order valence-corrected chi connectivity index (χ4v) is 2.31. The molecule has 1 aromatic heterocycles.